The second-order valence-electron chi connectivity index (χ2n) is 7.33. The van der Waals surface area contributed by atoms with E-state index >= 15 is 0 Å². The van der Waals surface area contributed by atoms with E-state index in [1.54, 1.807) is 42.5 Å². The third-order valence-electron chi connectivity index (χ3n) is 5.13. The minimum Gasteiger partial charge on any atom is -0.336 e. The van der Waals surface area contributed by atoms with Gasteiger partial charge in [-0.25, -0.2) is 8.42 Å². The second kappa shape index (κ2) is 9.75. The molecule has 0 bridgehead atoms. The molecule has 160 valence electrons. The molecule has 0 aromatic heterocycles. The van der Waals surface area contributed by atoms with Gasteiger partial charge in [0.15, 0.2) is 0 Å². The Balaban J connectivity index is 1.74. The Morgan fingerprint density at radius 1 is 1.07 bits per heavy atom. The van der Waals surface area contributed by atoms with Gasteiger partial charge >= 0.3 is 0 Å². The summed E-state index contributed by atoms with van der Waals surface area (Å²) in [6, 6.07) is 13.2. The molecule has 1 heterocycles. The van der Waals surface area contributed by atoms with E-state index in [-0.39, 0.29) is 23.9 Å². The van der Waals surface area contributed by atoms with Crippen molar-refractivity contribution in [3.63, 3.8) is 0 Å². The molecule has 2 aromatic carbocycles. The van der Waals surface area contributed by atoms with Gasteiger partial charge in [0.1, 0.15) is 0 Å². The van der Waals surface area contributed by atoms with Gasteiger partial charge in [0, 0.05) is 49.9 Å². The highest BCUT2D eigenvalue weighted by Crippen LogP contribution is 2.21. The average molecular weight is 448 g/mol. The van der Waals surface area contributed by atoms with Crippen LogP contribution in [0.4, 0.5) is 0 Å². The third-order valence-corrected chi connectivity index (χ3v) is 7.21. The molecule has 0 saturated carbocycles. The first-order valence-corrected chi connectivity index (χ1v) is 11.6. The first-order valence-electron chi connectivity index (χ1n) is 9.74. The fraction of sp³-hybridized carbons (Fsp3) is 0.318. The van der Waals surface area contributed by atoms with Crippen LogP contribution in [-0.2, 0) is 16.6 Å². The number of carbonyl (C=O) groups is 1. The van der Waals surface area contributed by atoms with Crippen molar-refractivity contribution < 1.29 is 13.2 Å². The Morgan fingerprint density at radius 2 is 1.67 bits per heavy atom. The molecule has 0 radical (unpaired) electrons. The summed E-state index contributed by atoms with van der Waals surface area (Å²) in [5, 5.41) is 0.477. The number of amides is 1. The lowest BCUT2D eigenvalue weighted by molar-refractivity contribution is 0.0664. The molecule has 1 amide bonds. The van der Waals surface area contributed by atoms with Crippen molar-refractivity contribution in [3.8, 4) is 0 Å². The van der Waals surface area contributed by atoms with Crippen molar-refractivity contribution in [3.05, 3.63) is 77.3 Å². The van der Waals surface area contributed by atoms with Crippen LogP contribution in [-0.4, -0.2) is 68.2 Å². The zero-order valence-corrected chi connectivity index (χ0v) is 18.6. The quantitative estimate of drug-likeness (QED) is 0.612. The van der Waals surface area contributed by atoms with Crippen molar-refractivity contribution in [1.82, 2.24) is 14.1 Å². The number of nitrogens with zero attached hydrogens (tertiary/aromatic N) is 3. The standard InChI is InChI=1S/C22H26ClN3O3S/c1-3-12-26(30(28,29)21-10-8-20(23)9-11-21)17-18-4-6-19(7-5-18)22(27)25-15-13-24(2)14-16-25/h3-11H,1,12-17H2,2H3. The van der Waals surface area contributed by atoms with E-state index in [1.165, 1.54) is 16.4 Å². The van der Waals surface area contributed by atoms with Crippen molar-refractivity contribution in [2.45, 2.75) is 11.4 Å². The van der Waals surface area contributed by atoms with Gasteiger partial charge in [0.25, 0.3) is 5.91 Å². The fourth-order valence-electron chi connectivity index (χ4n) is 3.30. The van der Waals surface area contributed by atoms with Crippen LogP contribution < -0.4 is 0 Å². The molecule has 0 unspecified atom stereocenters. The summed E-state index contributed by atoms with van der Waals surface area (Å²) in [7, 11) is -1.66. The van der Waals surface area contributed by atoms with Gasteiger partial charge in [0.2, 0.25) is 10.0 Å². The lowest BCUT2D eigenvalue weighted by Crippen LogP contribution is -2.47. The van der Waals surface area contributed by atoms with Gasteiger partial charge in [-0.3, -0.25) is 4.79 Å². The minimum atomic E-state index is -3.70. The van der Waals surface area contributed by atoms with Crippen LogP contribution in [0, 0.1) is 0 Å². The Labute approximate surface area is 183 Å². The molecule has 30 heavy (non-hydrogen) atoms. The molecule has 0 spiro atoms. The van der Waals surface area contributed by atoms with Crippen LogP contribution >= 0.6 is 11.6 Å². The third kappa shape index (κ3) is 5.29. The summed E-state index contributed by atoms with van der Waals surface area (Å²) < 4.78 is 27.4. The molecule has 2 aromatic rings. The van der Waals surface area contributed by atoms with Crippen molar-refractivity contribution in [2.75, 3.05) is 39.8 Å². The van der Waals surface area contributed by atoms with Crippen LogP contribution in [0.15, 0.2) is 66.1 Å². The second-order valence-corrected chi connectivity index (χ2v) is 9.71. The van der Waals surface area contributed by atoms with E-state index < -0.39 is 10.0 Å². The number of rotatable bonds is 7. The summed E-state index contributed by atoms with van der Waals surface area (Å²) in [5.74, 6) is 0.00591. The highest BCUT2D eigenvalue weighted by Gasteiger charge is 2.24. The number of hydrogen-bond acceptors (Lipinski definition) is 4. The molecule has 8 heteroatoms. The highest BCUT2D eigenvalue weighted by atomic mass is 35.5. The topological polar surface area (TPSA) is 60.9 Å². The van der Waals surface area contributed by atoms with Crippen molar-refractivity contribution >= 4 is 27.5 Å². The number of piperazine rings is 1. The van der Waals surface area contributed by atoms with Crippen LogP contribution in [0.3, 0.4) is 0 Å². The van der Waals surface area contributed by atoms with Gasteiger partial charge in [-0.2, -0.15) is 4.31 Å². The molecule has 3 rings (SSSR count). The lowest BCUT2D eigenvalue weighted by Gasteiger charge is -2.32. The summed E-state index contributed by atoms with van der Waals surface area (Å²) in [5.41, 5.74) is 1.41. The predicted molar refractivity (Wildman–Crippen MR) is 119 cm³/mol. The number of likely N-dealkylation sites (N-methyl/N-ethyl adjacent to an activating group) is 1. The molecular weight excluding hydrogens is 422 g/mol. The Hall–Kier alpha value is -2.19. The Morgan fingerprint density at radius 3 is 2.23 bits per heavy atom. The molecule has 0 atom stereocenters. The monoisotopic (exact) mass is 447 g/mol. The van der Waals surface area contributed by atoms with Crippen LogP contribution in [0.2, 0.25) is 5.02 Å². The SMILES string of the molecule is C=CCN(Cc1ccc(C(=O)N2CCN(C)CC2)cc1)S(=O)(=O)c1ccc(Cl)cc1. The fourth-order valence-corrected chi connectivity index (χ4v) is 4.82. The van der Waals surface area contributed by atoms with E-state index in [4.69, 9.17) is 11.6 Å². The smallest absolute Gasteiger partial charge is 0.253 e. The number of hydrogen-bond donors (Lipinski definition) is 0. The zero-order chi connectivity index (χ0) is 21.7. The maximum absolute atomic E-state index is 13.0. The number of carbonyl (C=O) groups excluding carboxylic acids is 1. The predicted octanol–water partition coefficient (Wildman–Crippen LogP) is 3.10. The van der Waals surface area contributed by atoms with Crippen LogP contribution in [0.5, 0.6) is 0 Å². The van der Waals surface area contributed by atoms with Crippen LogP contribution in [0.25, 0.3) is 0 Å². The number of halogens is 1. The van der Waals surface area contributed by atoms with Crippen molar-refractivity contribution in [1.29, 1.82) is 0 Å². The Bertz CT molecular complexity index is 983. The number of sulfonamides is 1. The largest absolute Gasteiger partial charge is 0.336 e. The van der Waals surface area contributed by atoms with Gasteiger partial charge in [-0.05, 0) is 49.0 Å². The minimum absolute atomic E-state index is 0.00591. The van der Waals surface area contributed by atoms with Gasteiger partial charge in [-0.1, -0.05) is 29.8 Å². The zero-order valence-electron chi connectivity index (χ0n) is 17.0. The lowest BCUT2D eigenvalue weighted by atomic mass is 10.1. The summed E-state index contributed by atoms with van der Waals surface area (Å²) in [6.45, 7) is 7.18. The molecule has 6 nitrogen and oxygen atoms in total. The maximum atomic E-state index is 13.0. The van der Waals surface area contributed by atoms with E-state index in [2.05, 4.69) is 11.5 Å². The first-order chi connectivity index (χ1) is 14.3. The molecule has 1 aliphatic rings. The molecule has 1 saturated heterocycles. The number of benzene rings is 2. The summed E-state index contributed by atoms with van der Waals surface area (Å²) in [6.07, 6.45) is 1.55. The van der Waals surface area contributed by atoms with Gasteiger partial charge < -0.3 is 9.80 Å². The molecule has 1 fully saturated rings. The molecule has 0 aliphatic carbocycles. The van der Waals surface area contributed by atoms with E-state index in [0.29, 0.717) is 23.7 Å². The van der Waals surface area contributed by atoms with Gasteiger partial charge in [0.05, 0.1) is 4.90 Å². The van der Waals surface area contributed by atoms with E-state index in [1.807, 2.05) is 11.9 Å². The highest BCUT2D eigenvalue weighted by molar-refractivity contribution is 7.89. The van der Waals surface area contributed by atoms with E-state index in [9.17, 15) is 13.2 Å². The molecule has 1 aliphatic heterocycles. The first kappa shape index (κ1) is 22.5. The van der Waals surface area contributed by atoms with Crippen LogP contribution in [0.1, 0.15) is 15.9 Å². The average Bonchev–Trinajstić information content (AvgIpc) is 2.74. The maximum Gasteiger partial charge on any atom is 0.253 e. The normalized spacial score (nSPS) is 15.4. The van der Waals surface area contributed by atoms with Gasteiger partial charge in [-0.15, -0.1) is 6.58 Å². The van der Waals surface area contributed by atoms with E-state index in [0.717, 1.165) is 18.7 Å². The summed E-state index contributed by atoms with van der Waals surface area (Å²) >= 11 is 5.88. The van der Waals surface area contributed by atoms with Crippen molar-refractivity contribution in [2.24, 2.45) is 0 Å². The summed E-state index contributed by atoms with van der Waals surface area (Å²) in [4.78, 5) is 16.9. The molecular formula is C22H26ClN3O3S. The Kier molecular flexibility index (Phi) is 7.31. The molecule has 0 N–H and O–H groups in total.